The molecule has 9 nitrogen and oxygen atoms in total. The number of benzene rings is 1. The predicted molar refractivity (Wildman–Crippen MR) is 121 cm³/mol. The number of carbonyl (C=O) groups excluding carboxylic acids is 2. The summed E-state index contributed by atoms with van der Waals surface area (Å²) >= 11 is 10.5. The molecule has 0 spiro atoms. The molecule has 0 bridgehead atoms. The van der Waals surface area contributed by atoms with Crippen LogP contribution in [0, 0.1) is 10.1 Å². The lowest BCUT2D eigenvalue weighted by molar-refractivity contribution is -0.402. The molecule has 1 fully saturated rings. The van der Waals surface area contributed by atoms with Gasteiger partial charge in [0.25, 0.3) is 11.8 Å². The summed E-state index contributed by atoms with van der Waals surface area (Å²) < 4.78 is 82.7. The number of carbonyl (C=O) groups is 2. The third-order valence-corrected chi connectivity index (χ3v) is 5.70. The van der Waals surface area contributed by atoms with Crippen LogP contribution in [0.25, 0.3) is 6.08 Å². The normalized spacial score (nSPS) is 15.4. The molecule has 2 heterocycles. The number of halogens is 6. The van der Waals surface area contributed by atoms with E-state index in [0.29, 0.717) is 16.8 Å². The highest BCUT2D eigenvalue weighted by Crippen LogP contribution is 2.37. The fraction of sp³-hybridized carbons (Fsp3) is 0.111. The molecule has 2 amide bonds. The maximum atomic E-state index is 13.0. The molecule has 0 unspecified atom stereocenters. The number of nitro groups is 1. The molecule has 1 aromatic carbocycles. The lowest BCUT2D eigenvalue weighted by atomic mass is 10.1. The molecule has 3 rings (SSSR count). The largest absolute Gasteiger partial charge is 0.433 e. The minimum Gasteiger partial charge on any atom is -0.401 e. The molecule has 1 saturated heterocycles. The Hall–Kier alpha value is -3.51. The minimum atomic E-state index is -5.14. The summed E-state index contributed by atoms with van der Waals surface area (Å²) in [5.74, 6) is -2.85. The number of hydrogen-bond donors (Lipinski definition) is 2. The maximum Gasteiger partial charge on any atom is 0.433 e. The van der Waals surface area contributed by atoms with Crippen LogP contribution in [-0.2, 0) is 21.9 Å². The van der Waals surface area contributed by atoms with Crippen LogP contribution in [-0.4, -0.2) is 31.1 Å². The molecule has 1 aliphatic heterocycles. The summed E-state index contributed by atoms with van der Waals surface area (Å²) in [6.45, 7) is 0. The first-order chi connectivity index (χ1) is 16.6. The van der Waals surface area contributed by atoms with Gasteiger partial charge in [0.2, 0.25) is 0 Å². The second-order valence-electron chi connectivity index (χ2n) is 6.64. The number of nitrogens with one attached hydrogen (secondary N) is 2. The quantitative estimate of drug-likeness (QED) is 0.174. The van der Waals surface area contributed by atoms with Crippen LogP contribution in [0.15, 0.2) is 39.7 Å². The Bertz CT molecular complexity index is 1290. The van der Waals surface area contributed by atoms with Crippen LogP contribution in [0.5, 0.6) is 0 Å². The van der Waals surface area contributed by atoms with Gasteiger partial charge in [-0.05, 0) is 36.5 Å². The van der Waals surface area contributed by atoms with Crippen molar-refractivity contribution in [2.75, 3.05) is 5.32 Å². The number of thioether (sulfide) groups is 1. The van der Waals surface area contributed by atoms with Crippen molar-refractivity contribution in [3.8, 4) is 0 Å². The third-order valence-electron chi connectivity index (χ3n) is 4.12. The summed E-state index contributed by atoms with van der Waals surface area (Å²) in [6, 6.07) is 2.69. The number of anilines is 1. The van der Waals surface area contributed by atoms with E-state index < -0.39 is 56.8 Å². The van der Waals surface area contributed by atoms with Gasteiger partial charge in [-0.3, -0.25) is 25.1 Å². The molecule has 2 aromatic rings. The number of rotatable bonds is 4. The van der Waals surface area contributed by atoms with Crippen molar-refractivity contribution < 1.29 is 45.3 Å². The SMILES string of the molecule is O=C(Nc1cc(C(F)(F)F)cc(C(F)(F)F)c1)C(=S)NN1C(=O)/C(=C\c2ccc([N+](=O)[O-])o2)SC1=S. The van der Waals surface area contributed by atoms with Crippen LogP contribution >= 0.6 is 36.2 Å². The van der Waals surface area contributed by atoms with Crippen molar-refractivity contribution >= 4 is 75.0 Å². The van der Waals surface area contributed by atoms with E-state index in [-0.39, 0.29) is 33.2 Å². The molecule has 36 heavy (non-hydrogen) atoms. The number of furan rings is 1. The van der Waals surface area contributed by atoms with Crippen molar-refractivity contribution in [2.24, 2.45) is 0 Å². The Kier molecular flexibility index (Phi) is 7.42. The molecule has 0 saturated carbocycles. The first kappa shape index (κ1) is 27.1. The Balaban J connectivity index is 1.75. The molecule has 2 N–H and O–H groups in total. The first-order valence-electron chi connectivity index (χ1n) is 9.00. The van der Waals surface area contributed by atoms with Gasteiger partial charge in [0.1, 0.15) is 10.7 Å². The topological polar surface area (TPSA) is 118 Å². The zero-order valence-electron chi connectivity index (χ0n) is 16.9. The summed E-state index contributed by atoms with van der Waals surface area (Å²) in [5.41, 5.74) is -2.03. The fourth-order valence-corrected chi connectivity index (χ4v) is 3.88. The second-order valence-corrected chi connectivity index (χ2v) is 8.72. The molecule has 0 aliphatic carbocycles. The average molecular weight is 570 g/mol. The molecule has 0 atom stereocenters. The van der Waals surface area contributed by atoms with E-state index in [4.69, 9.17) is 28.9 Å². The van der Waals surface area contributed by atoms with Gasteiger partial charge in [-0.25, -0.2) is 0 Å². The maximum absolute atomic E-state index is 13.0. The predicted octanol–water partition coefficient (Wildman–Crippen LogP) is 4.90. The first-order valence-corrected chi connectivity index (χ1v) is 10.6. The van der Waals surface area contributed by atoms with Gasteiger partial charge in [-0.15, -0.1) is 0 Å². The summed E-state index contributed by atoms with van der Waals surface area (Å²) in [6.07, 6.45) is -9.15. The van der Waals surface area contributed by atoms with E-state index in [1.807, 2.05) is 5.32 Å². The Morgan fingerprint density at radius 1 is 1.11 bits per heavy atom. The van der Waals surface area contributed by atoms with Crippen molar-refractivity contribution in [3.63, 3.8) is 0 Å². The average Bonchev–Trinajstić information content (AvgIpc) is 3.33. The molecule has 190 valence electrons. The van der Waals surface area contributed by atoms with Gasteiger partial charge in [0.05, 0.1) is 22.1 Å². The molecule has 1 aliphatic rings. The zero-order chi connectivity index (χ0) is 27.0. The van der Waals surface area contributed by atoms with E-state index in [1.165, 1.54) is 6.07 Å². The van der Waals surface area contributed by atoms with E-state index in [1.54, 1.807) is 0 Å². The fourth-order valence-electron chi connectivity index (χ4n) is 2.58. The van der Waals surface area contributed by atoms with Gasteiger partial charge in [0.15, 0.2) is 9.31 Å². The van der Waals surface area contributed by atoms with Crippen LogP contribution in [0.2, 0.25) is 0 Å². The highest BCUT2D eigenvalue weighted by Gasteiger charge is 2.38. The number of amides is 2. The highest BCUT2D eigenvalue weighted by molar-refractivity contribution is 8.26. The van der Waals surface area contributed by atoms with E-state index in [2.05, 4.69) is 5.43 Å². The molecule has 1 aromatic heterocycles. The second kappa shape index (κ2) is 9.86. The van der Waals surface area contributed by atoms with Gasteiger partial charge in [0, 0.05) is 11.8 Å². The number of alkyl halides is 6. The zero-order valence-corrected chi connectivity index (χ0v) is 19.3. The Labute approximate surface area is 210 Å². The number of thiocarbonyl (C=S) groups is 2. The smallest absolute Gasteiger partial charge is 0.401 e. The van der Waals surface area contributed by atoms with E-state index >= 15 is 0 Å². The van der Waals surface area contributed by atoms with Crippen LogP contribution in [0.3, 0.4) is 0 Å². The van der Waals surface area contributed by atoms with Gasteiger partial charge >= 0.3 is 18.2 Å². The Morgan fingerprint density at radius 3 is 2.19 bits per heavy atom. The standard InChI is InChI=1S/C18H8F6N4O5S3/c19-17(20,21)7-3-8(18(22,23)24)5-9(4-7)25-13(29)14(34)26-27-15(30)11(36-16(27)35)6-10-1-2-12(33-10)28(31)32/h1-6H,(H,25,29)(H,26,34)/b11-6+. The van der Waals surface area contributed by atoms with Gasteiger partial charge in [-0.1, -0.05) is 24.0 Å². The number of hydrogen-bond acceptors (Lipinski definition) is 8. The van der Waals surface area contributed by atoms with Crippen molar-refractivity contribution in [3.05, 3.63) is 62.2 Å². The van der Waals surface area contributed by atoms with Crippen LogP contribution in [0.4, 0.5) is 37.9 Å². The summed E-state index contributed by atoms with van der Waals surface area (Å²) in [5, 5.41) is 13.1. The van der Waals surface area contributed by atoms with Gasteiger partial charge in [-0.2, -0.15) is 31.4 Å². The lowest BCUT2D eigenvalue weighted by Crippen LogP contribution is -2.48. The van der Waals surface area contributed by atoms with Crippen LogP contribution in [0.1, 0.15) is 16.9 Å². The van der Waals surface area contributed by atoms with Crippen molar-refractivity contribution in [1.82, 2.24) is 10.4 Å². The minimum absolute atomic E-state index is 0.0625. The summed E-state index contributed by atoms with van der Waals surface area (Å²) in [7, 11) is 0. The van der Waals surface area contributed by atoms with E-state index in [9.17, 15) is 46.0 Å². The number of nitrogens with zero attached hydrogens (tertiary/aromatic N) is 2. The molecular formula is C18H8F6N4O5S3. The lowest BCUT2D eigenvalue weighted by Gasteiger charge is -2.18. The summed E-state index contributed by atoms with van der Waals surface area (Å²) in [4.78, 5) is 33.9. The Morgan fingerprint density at radius 2 is 1.69 bits per heavy atom. The number of hydrazine groups is 1. The molecule has 18 heteroatoms. The van der Waals surface area contributed by atoms with Crippen LogP contribution < -0.4 is 10.7 Å². The van der Waals surface area contributed by atoms with Crippen molar-refractivity contribution in [1.29, 1.82) is 0 Å². The third kappa shape index (κ3) is 6.18. The van der Waals surface area contributed by atoms with Crippen molar-refractivity contribution in [2.45, 2.75) is 12.4 Å². The molecule has 0 radical (unpaired) electrons. The highest BCUT2D eigenvalue weighted by atomic mass is 32.2. The van der Waals surface area contributed by atoms with Gasteiger partial charge < -0.3 is 9.73 Å². The monoisotopic (exact) mass is 570 g/mol. The molecular weight excluding hydrogens is 562 g/mol. The van der Waals surface area contributed by atoms with E-state index in [0.717, 1.165) is 12.1 Å².